The second-order valence-electron chi connectivity index (χ2n) is 6.49. The Kier molecular flexibility index (Phi) is 4.83. The third kappa shape index (κ3) is 3.55. The van der Waals surface area contributed by atoms with Crippen molar-refractivity contribution in [3.63, 3.8) is 0 Å². The van der Waals surface area contributed by atoms with E-state index >= 15 is 0 Å². The number of fused-ring (bicyclic) bond motifs is 1. The SMILES string of the molecule is OC1CCN(c2ccc(-c3ccc4[nH]cc(OCP(O)O)c4c3)cc2)C1. The van der Waals surface area contributed by atoms with Gasteiger partial charge in [0.25, 0.3) is 0 Å². The zero-order valence-corrected chi connectivity index (χ0v) is 15.1. The fourth-order valence-corrected chi connectivity index (χ4v) is 3.62. The highest BCUT2D eigenvalue weighted by Crippen LogP contribution is 2.33. The molecule has 0 amide bonds. The second-order valence-corrected chi connectivity index (χ2v) is 7.50. The summed E-state index contributed by atoms with van der Waals surface area (Å²) in [5.41, 5.74) is 4.21. The maximum atomic E-state index is 9.69. The summed E-state index contributed by atoms with van der Waals surface area (Å²) in [5.74, 6) is 0.611. The lowest BCUT2D eigenvalue weighted by atomic mass is 10.0. The van der Waals surface area contributed by atoms with Crippen LogP contribution in [0.5, 0.6) is 5.75 Å². The smallest absolute Gasteiger partial charge is 0.205 e. The van der Waals surface area contributed by atoms with Crippen molar-refractivity contribution in [1.29, 1.82) is 0 Å². The molecule has 26 heavy (non-hydrogen) atoms. The average Bonchev–Trinajstić information content (AvgIpc) is 3.26. The number of aromatic amines is 1. The molecule has 0 spiro atoms. The van der Waals surface area contributed by atoms with Gasteiger partial charge in [-0.25, -0.2) is 0 Å². The van der Waals surface area contributed by atoms with Gasteiger partial charge in [0.1, 0.15) is 5.75 Å². The monoisotopic (exact) mass is 372 g/mol. The second kappa shape index (κ2) is 7.25. The molecule has 0 saturated carbocycles. The molecule has 2 heterocycles. The number of aromatic nitrogens is 1. The predicted molar refractivity (Wildman–Crippen MR) is 103 cm³/mol. The van der Waals surface area contributed by atoms with Crippen molar-refractivity contribution in [2.75, 3.05) is 24.3 Å². The minimum absolute atomic E-state index is 0.108. The molecule has 0 aliphatic carbocycles. The van der Waals surface area contributed by atoms with E-state index in [0.717, 1.165) is 40.7 Å². The molecular weight excluding hydrogens is 351 g/mol. The van der Waals surface area contributed by atoms with Gasteiger partial charge >= 0.3 is 0 Å². The quantitative estimate of drug-likeness (QED) is 0.517. The number of hydrogen-bond donors (Lipinski definition) is 4. The Hall–Kier alpha value is -2.11. The molecule has 1 unspecified atom stereocenters. The summed E-state index contributed by atoms with van der Waals surface area (Å²) in [5, 5.41) is 10.6. The molecule has 3 aromatic rings. The Morgan fingerprint density at radius 2 is 1.88 bits per heavy atom. The van der Waals surface area contributed by atoms with Crippen molar-refractivity contribution < 1.29 is 19.6 Å². The molecule has 1 saturated heterocycles. The molecular formula is C19H21N2O4P. The highest BCUT2D eigenvalue weighted by atomic mass is 31.2. The van der Waals surface area contributed by atoms with Crippen molar-refractivity contribution in [3.8, 4) is 16.9 Å². The third-order valence-electron chi connectivity index (χ3n) is 4.71. The van der Waals surface area contributed by atoms with E-state index in [1.54, 1.807) is 6.20 Å². The number of aliphatic hydroxyl groups is 1. The summed E-state index contributed by atoms with van der Waals surface area (Å²) >= 11 is 0. The molecule has 0 bridgehead atoms. The Bertz CT molecular complexity index is 894. The van der Waals surface area contributed by atoms with Crippen LogP contribution in [0.3, 0.4) is 0 Å². The number of hydrogen-bond acceptors (Lipinski definition) is 5. The summed E-state index contributed by atoms with van der Waals surface area (Å²) in [6.45, 7) is 1.57. The number of H-pyrrole nitrogens is 1. The maximum absolute atomic E-state index is 9.69. The summed E-state index contributed by atoms with van der Waals surface area (Å²) in [6.07, 6.45) is 2.21. The minimum Gasteiger partial charge on any atom is -0.482 e. The summed E-state index contributed by atoms with van der Waals surface area (Å²) in [4.78, 5) is 23.4. The van der Waals surface area contributed by atoms with Gasteiger partial charge in [-0.15, -0.1) is 0 Å². The first-order chi connectivity index (χ1) is 12.6. The lowest BCUT2D eigenvalue weighted by molar-refractivity contribution is 0.198. The first-order valence-corrected chi connectivity index (χ1v) is 9.96. The molecule has 1 aromatic heterocycles. The number of rotatable bonds is 5. The summed E-state index contributed by atoms with van der Waals surface area (Å²) in [7, 11) is -2.08. The van der Waals surface area contributed by atoms with E-state index in [2.05, 4.69) is 34.1 Å². The van der Waals surface area contributed by atoms with Gasteiger partial charge in [-0.3, -0.25) is 0 Å². The molecule has 6 nitrogen and oxygen atoms in total. The number of benzene rings is 2. The van der Waals surface area contributed by atoms with E-state index in [9.17, 15) is 5.11 Å². The molecule has 4 rings (SSSR count). The van der Waals surface area contributed by atoms with Crippen LogP contribution in [0.2, 0.25) is 0 Å². The van der Waals surface area contributed by atoms with Gasteiger partial charge in [0, 0.05) is 35.9 Å². The van der Waals surface area contributed by atoms with Crippen molar-refractivity contribution in [3.05, 3.63) is 48.7 Å². The van der Waals surface area contributed by atoms with Crippen LogP contribution in [-0.4, -0.2) is 45.4 Å². The lowest BCUT2D eigenvalue weighted by Crippen LogP contribution is -2.20. The van der Waals surface area contributed by atoms with Crippen LogP contribution >= 0.6 is 8.38 Å². The number of aliphatic hydroxyl groups excluding tert-OH is 1. The zero-order chi connectivity index (χ0) is 18.1. The predicted octanol–water partition coefficient (Wildman–Crippen LogP) is 3.04. The maximum Gasteiger partial charge on any atom is 0.205 e. The van der Waals surface area contributed by atoms with Gasteiger partial charge in [0.15, 0.2) is 6.35 Å². The topological polar surface area (TPSA) is 89.0 Å². The van der Waals surface area contributed by atoms with E-state index in [1.807, 2.05) is 18.2 Å². The number of nitrogens with zero attached hydrogens (tertiary/aromatic N) is 1. The molecule has 1 atom stereocenters. The van der Waals surface area contributed by atoms with Gasteiger partial charge in [-0.1, -0.05) is 18.2 Å². The highest BCUT2D eigenvalue weighted by molar-refractivity contribution is 7.44. The summed E-state index contributed by atoms with van der Waals surface area (Å²) in [6, 6.07) is 14.4. The van der Waals surface area contributed by atoms with Crippen LogP contribution in [0.4, 0.5) is 5.69 Å². The van der Waals surface area contributed by atoms with Crippen LogP contribution in [0.15, 0.2) is 48.7 Å². The van der Waals surface area contributed by atoms with Crippen molar-refractivity contribution in [2.24, 2.45) is 0 Å². The fraction of sp³-hybridized carbons (Fsp3) is 0.263. The van der Waals surface area contributed by atoms with Crippen molar-refractivity contribution >= 4 is 25.0 Å². The highest BCUT2D eigenvalue weighted by Gasteiger charge is 2.20. The third-order valence-corrected chi connectivity index (χ3v) is 5.07. The molecule has 2 aromatic carbocycles. The molecule has 136 valence electrons. The first-order valence-electron chi connectivity index (χ1n) is 8.53. The van der Waals surface area contributed by atoms with Crippen LogP contribution < -0.4 is 9.64 Å². The molecule has 4 N–H and O–H groups in total. The van der Waals surface area contributed by atoms with Gasteiger partial charge in [-0.05, 0) is 41.8 Å². The lowest BCUT2D eigenvalue weighted by Gasteiger charge is -2.18. The van der Waals surface area contributed by atoms with Gasteiger partial charge in [0.05, 0.1) is 6.10 Å². The Morgan fingerprint density at radius 1 is 1.12 bits per heavy atom. The normalized spacial score (nSPS) is 17.4. The van der Waals surface area contributed by atoms with Crippen LogP contribution in [0, 0.1) is 0 Å². The standard InChI is InChI=1S/C19H21N2O4P/c22-16-7-8-21(11-16)15-4-1-13(2-5-15)14-3-6-18-17(9-14)19(10-20-18)25-12-26(23)24/h1-6,9-10,16,20,22-24H,7-8,11-12H2. The summed E-state index contributed by atoms with van der Waals surface area (Å²) < 4.78 is 5.48. The number of anilines is 1. The Balaban J connectivity index is 1.58. The molecule has 0 radical (unpaired) electrons. The molecule has 1 aliphatic heterocycles. The molecule has 7 heteroatoms. The Morgan fingerprint density at radius 3 is 2.58 bits per heavy atom. The number of nitrogens with one attached hydrogen (secondary N) is 1. The van der Waals surface area contributed by atoms with E-state index in [-0.39, 0.29) is 12.5 Å². The first kappa shape index (κ1) is 17.3. The van der Waals surface area contributed by atoms with E-state index in [1.165, 1.54) is 0 Å². The van der Waals surface area contributed by atoms with Crippen LogP contribution in [0.1, 0.15) is 6.42 Å². The zero-order valence-electron chi connectivity index (χ0n) is 14.2. The number of β-amino-alcohol motifs (C(OH)–C–C–N with tert-alkyl or cyclic N) is 1. The fourth-order valence-electron chi connectivity index (χ4n) is 3.36. The molecule has 1 aliphatic rings. The van der Waals surface area contributed by atoms with E-state index < -0.39 is 8.38 Å². The number of ether oxygens (including phenoxy) is 1. The minimum atomic E-state index is -2.08. The van der Waals surface area contributed by atoms with Crippen LogP contribution in [0.25, 0.3) is 22.0 Å². The van der Waals surface area contributed by atoms with Gasteiger partial charge in [-0.2, -0.15) is 0 Å². The van der Waals surface area contributed by atoms with Gasteiger partial charge in [0.2, 0.25) is 8.38 Å². The van der Waals surface area contributed by atoms with Crippen molar-refractivity contribution in [1.82, 2.24) is 4.98 Å². The van der Waals surface area contributed by atoms with E-state index in [0.29, 0.717) is 12.3 Å². The van der Waals surface area contributed by atoms with E-state index in [4.69, 9.17) is 14.5 Å². The van der Waals surface area contributed by atoms with Crippen molar-refractivity contribution in [2.45, 2.75) is 12.5 Å². The largest absolute Gasteiger partial charge is 0.482 e. The van der Waals surface area contributed by atoms with Crippen LogP contribution in [-0.2, 0) is 0 Å². The van der Waals surface area contributed by atoms with Gasteiger partial charge < -0.3 is 29.5 Å². The molecule has 1 fully saturated rings. The average molecular weight is 372 g/mol. The Labute approximate surface area is 152 Å².